The summed E-state index contributed by atoms with van der Waals surface area (Å²) in [6, 6.07) is 8.83. The lowest BCUT2D eigenvalue weighted by molar-refractivity contribution is -0.192. The second-order valence-corrected chi connectivity index (χ2v) is 8.85. The molecule has 0 unspecified atom stereocenters. The van der Waals surface area contributed by atoms with Gasteiger partial charge in [-0.3, -0.25) is 0 Å². The van der Waals surface area contributed by atoms with Gasteiger partial charge in [0.15, 0.2) is 0 Å². The zero-order valence-corrected chi connectivity index (χ0v) is 20.4. The van der Waals surface area contributed by atoms with E-state index in [2.05, 4.69) is 25.4 Å². The molecular formula is C24H27ClF3N5O3. The molecule has 194 valence electrons. The van der Waals surface area contributed by atoms with Crippen LogP contribution in [0.3, 0.4) is 0 Å². The van der Waals surface area contributed by atoms with E-state index < -0.39 is 12.1 Å². The number of aromatic hydroxyl groups is 1. The number of hydrogen-bond acceptors (Lipinski definition) is 7. The van der Waals surface area contributed by atoms with Gasteiger partial charge < -0.3 is 20.4 Å². The molecule has 8 nitrogen and oxygen atoms in total. The molecule has 4 rings (SSSR count). The molecule has 0 radical (unpaired) electrons. The van der Waals surface area contributed by atoms with Crippen LogP contribution >= 0.6 is 11.6 Å². The molecule has 1 aliphatic heterocycles. The van der Waals surface area contributed by atoms with Crippen molar-refractivity contribution in [3.63, 3.8) is 0 Å². The van der Waals surface area contributed by atoms with Gasteiger partial charge in [-0.2, -0.15) is 13.2 Å². The number of carboxylic acid groups (broad SMARTS) is 1. The second-order valence-electron chi connectivity index (χ2n) is 8.45. The molecule has 0 amide bonds. The molecule has 0 aliphatic carbocycles. The van der Waals surface area contributed by atoms with Crippen molar-refractivity contribution >= 4 is 34.6 Å². The number of unbranched alkanes of at least 4 members (excludes halogenated alkanes) is 1. The molecule has 0 spiro atoms. The first kappa shape index (κ1) is 27.4. The predicted octanol–water partition coefficient (Wildman–Crippen LogP) is 5.28. The normalized spacial score (nSPS) is 13.9. The van der Waals surface area contributed by atoms with E-state index in [0.29, 0.717) is 16.5 Å². The molecule has 2 heterocycles. The van der Waals surface area contributed by atoms with Gasteiger partial charge in [0.25, 0.3) is 0 Å². The van der Waals surface area contributed by atoms with Crippen LogP contribution in [-0.4, -0.2) is 68.6 Å². The number of anilines is 1. The van der Waals surface area contributed by atoms with Crippen LogP contribution in [0.2, 0.25) is 5.02 Å². The SMILES string of the molecule is Cc1cc(-c2cc(O)ccc2Cl)cc2nnc(NCCCCN3CCCC3)nc12.O=C(O)C(F)(F)F. The first-order valence-corrected chi connectivity index (χ1v) is 11.8. The van der Waals surface area contributed by atoms with Crippen molar-refractivity contribution in [2.75, 3.05) is 31.5 Å². The Bertz CT molecular complexity index is 1200. The molecule has 3 N–H and O–H groups in total. The number of fused-ring (bicyclic) bond motifs is 1. The van der Waals surface area contributed by atoms with Gasteiger partial charge in [0.1, 0.15) is 11.3 Å². The van der Waals surface area contributed by atoms with Gasteiger partial charge in [-0.1, -0.05) is 11.6 Å². The van der Waals surface area contributed by atoms with E-state index in [0.717, 1.165) is 35.2 Å². The Kier molecular flexibility index (Phi) is 9.27. The number of aryl methyl sites for hydroxylation is 1. The number of rotatable bonds is 7. The third-order valence-corrected chi connectivity index (χ3v) is 5.97. The number of carboxylic acids is 1. The van der Waals surface area contributed by atoms with E-state index in [1.807, 2.05) is 19.1 Å². The van der Waals surface area contributed by atoms with Crippen molar-refractivity contribution in [3.8, 4) is 16.9 Å². The molecule has 1 aromatic heterocycles. The van der Waals surface area contributed by atoms with Crippen LogP contribution in [0.5, 0.6) is 5.75 Å². The molecule has 1 saturated heterocycles. The Morgan fingerprint density at radius 1 is 1.14 bits per heavy atom. The van der Waals surface area contributed by atoms with Gasteiger partial charge in [0, 0.05) is 17.1 Å². The molecule has 36 heavy (non-hydrogen) atoms. The summed E-state index contributed by atoms with van der Waals surface area (Å²) in [6.07, 6.45) is -0.131. The molecule has 1 fully saturated rings. The Hall–Kier alpha value is -3.18. The highest BCUT2D eigenvalue weighted by molar-refractivity contribution is 6.33. The summed E-state index contributed by atoms with van der Waals surface area (Å²) < 4.78 is 31.7. The zero-order valence-electron chi connectivity index (χ0n) is 19.6. The number of nitrogens with zero attached hydrogens (tertiary/aromatic N) is 4. The van der Waals surface area contributed by atoms with Gasteiger partial charge in [0.05, 0.1) is 5.52 Å². The number of aromatic nitrogens is 3. The summed E-state index contributed by atoms with van der Waals surface area (Å²) >= 11 is 6.31. The number of carbonyl (C=O) groups is 1. The van der Waals surface area contributed by atoms with Crippen molar-refractivity contribution in [2.24, 2.45) is 0 Å². The first-order valence-electron chi connectivity index (χ1n) is 11.4. The van der Waals surface area contributed by atoms with Gasteiger partial charge >= 0.3 is 12.1 Å². The van der Waals surface area contributed by atoms with Gasteiger partial charge in [0.2, 0.25) is 5.95 Å². The first-order chi connectivity index (χ1) is 17.0. The quantitative estimate of drug-likeness (QED) is 0.357. The van der Waals surface area contributed by atoms with E-state index in [-0.39, 0.29) is 5.75 Å². The standard InChI is InChI=1S/C22H26ClN5O.C2HF3O2/c1-15-12-16(18-14-17(29)6-7-19(18)23)13-20-21(15)25-22(27-26-20)24-8-2-3-9-28-10-4-5-11-28;3-2(4,5)1(6)7/h6-7,12-14,29H,2-5,8-11H2,1H3,(H,24,25,27);(H,6,7). The van der Waals surface area contributed by atoms with Gasteiger partial charge in [-0.25, -0.2) is 9.78 Å². The van der Waals surface area contributed by atoms with Crippen molar-refractivity contribution in [1.82, 2.24) is 20.1 Å². The third kappa shape index (κ3) is 7.66. The van der Waals surface area contributed by atoms with E-state index >= 15 is 0 Å². The lowest BCUT2D eigenvalue weighted by Crippen LogP contribution is -2.21. The predicted molar refractivity (Wildman–Crippen MR) is 131 cm³/mol. The van der Waals surface area contributed by atoms with Gasteiger partial charge in [-0.05, 0) is 93.7 Å². The molecule has 0 bridgehead atoms. The average molecular weight is 526 g/mol. The Labute approximate surface area is 211 Å². The van der Waals surface area contributed by atoms with Crippen LogP contribution in [0.15, 0.2) is 30.3 Å². The number of aliphatic carboxylic acids is 1. The molecule has 0 atom stereocenters. The summed E-state index contributed by atoms with van der Waals surface area (Å²) in [4.78, 5) is 16.1. The van der Waals surface area contributed by atoms with Crippen LogP contribution in [0, 0.1) is 6.92 Å². The van der Waals surface area contributed by atoms with E-state index in [1.165, 1.54) is 38.9 Å². The molecule has 1 aliphatic rings. The van der Waals surface area contributed by atoms with Crippen molar-refractivity contribution in [1.29, 1.82) is 0 Å². The number of benzene rings is 2. The number of phenols is 1. The smallest absolute Gasteiger partial charge is 0.490 e. The summed E-state index contributed by atoms with van der Waals surface area (Å²) in [7, 11) is 0. The number of phenolic OH excluding ortho intramolecular Hbond substituents is 1. The fourth-order valence-electron chi connectivity index (χ4n) is 3.84. The summed E-state index contributed by atoms with van der Waals surface area (Å²) in [5.41, 5.74) is 4.16. The number of likely N-dealkylation sites (tertiary alicyclic amines) is 1. The second kappa shape index (κ2) is 12.2. The summed E-state index contributed by atoms with van der Waals surface area (Å²) in [6.45, 7) is 6.52. The maximum absolute atomic E-state index is 10.6. The van der Waals surface area contributed by atoms with Crippen LogP contribution in [0.1, 0.15) is 31.2 Å². The number of halogens is 4. The Morgan fingerprint density at radius 2 is 1.83 bits per heavy atom. The highest BCUT2D eigenvalue weighted by Gasteiger charge is 2.38. The van der Waals surface area contributed by atoms with Crippen LogP contribution < -0.4 is 5.32 Å². The van der Waals surface area contributed by atoms with E-state index in [4.69, 9.17) is 21.5 Å². The Balaban J connectivity index is 0.000000454. The van der Waals surface area contributed by atoms with Crippen molar-refractivity contribution in [2.45, 2.75) is 38.8 Å². The molecule has 3 aromatic rings. The number of alkyl halides is 3. The fourth-order valence-corrected chi connectivity index (χ4v) is 4.07. The van der Waals surface area contributed by atoms with Crippen molar-refractivity contribution < 1.29 is 28.2 Å². The topological polar surface area (TPSA) is 111 Å². The number of hydrogen-bond donors (Lipinski definition) is 3. The average Bonchev–Trinajstić information content (AvgIpc) is 3.34. The van der Waals surface area contributed by atoms with E-state index in [1.54, 1.807) is 18.2 Å². The van der Waals surface area contributed by atoms with E-state index in [9.17, 15) is 18.3 Å². The van der Waals surface area contributed by atoms with Gasteiger partial charge in [-0.15, -0.1) is 10.2 Å². The third-order valence-electron chi connectivity index (χ3n) is 5.64. The largest absolute Gasteiger partial charge is 0.508 e. The van der Waals surface area contributed by atoms with Crippen LogP contribution in [-0.2, 0) is 4.79 Å². The highest BCUT2D eigenvalue weighted by atomic mass is 35.5. The highest BCUT2D eigenvalue weighted by Crippen LogP contribution is 2.33. The maximum Gasteiger partial charge on any atom is 0.490 e. The lowest BCUT2D eigenvalue weighted by atomic mass is 10.0. The minimum atomic E-state index is -5.08. The Morgan fingerprint density at radius 3 is 2.50 bits per heavy atom. The maximum atomic E-state index is 10.6. The fraction of sp³-hybridized carbons (Fsp3) is 0.417. The summed E-state index contributed by atoms with van der Waals surface area (Å²) in [5, 5.41) is 29.4. The molecule has 0 saturated carbocycles. The number of nitrogens with one attached hydrogen (secondary N) is 1. The minimum absolute atomic E-state index is 0.177. The summed E-state index contributed by atoms with van der Waals surface area (Å²) in [5.74, 6) is -2.02. The minimum Gasteiger partial charge on any atom is -0.508 e. The van der Waals surface area contributed by atoms with Crippen LogP contribution in [0.4, 0.5) is 19.1 Å². The van der Waals surface area contributed by atoms with Crippen LogP contribution in [0.25, 0.3) is 22.2 Å². The van der Waals surface area contributed by atoms with Crippen molar-refractivity contribution in [3.05, 3.63) is 40.9 Å². The molecular weight excluding hydrogens is 499 g/mol. The molecule has 2 aromatic carbocycles. The molecule has 12 heteroatoms. The lowest BCUT2D eigenvalue weighted by Gasteiger charge is -2.14. The monoisotopic (exact) mass is 525 g/mol. The zero-order chi connectivity index (χ0) is 26.3.